The molecule has 1 aromatic rings. The molecule has 7 heteroatoms. The van der Waals surface area contributed by atoms with Gasteiger partial charge in [0.25, 0.3) is 0 Å². The smallest absolute Gasteiger partial charge is 0.478 e. The quantitative estimate of drug-likeness (QED) is 0.695. The highest BCUT2D eigenvalue weighted by Gasteiger charge is 2.40. The van der Waals surface area contributed by atoms with Gasteiger partial charge in [0, 0.05) is 5.46 Å². The van der Waals surface area contributed by atoms with Gasteiger partial charge in [0.05, 0.1) is 16.8 Å². The highest BCUT2D eigenvalue weighted by Crippen LogP contribution is 2.25. The highest BCUT2D eigenvalue weighted by atomic mass is 19.1. The molecule has 0 aliphatic carbocycles. The number of rotatable bonds is 5. The Hall–Kier alpha value is -1.44. The summed E-state index contributed by atoms with van der Waals surface area (Å²) in [6, 6.07) is 3.63. The maximum atomic E-state index is 14.0. The van der Waals surface area contributed by atoms with Crippen molar-refractivity contribution < 1.29 is 29.1 Å². The predicted octanol–water partition coefficient (Wildman–Crippen LogP) is 0.777. The average Bonchev–Trinajstić information content (AvgIpc) is 2.26. The summed E-state index contributed by atoms with van der Waals surface area (Å²) in [7, 11) is -1.68. The van der Waals surface area contributed by atoms with Crippen LogP contribution in [0.5, 0.6) is 0 Å². The van der Waals surface area contributed by atoms with E-state index in [4.69, 9.17) is 9.76 Å². The summed E-state index contributed by atoms with van der Waals surface area (Å²) in [6.07, 6.45) is 0. The third kappa shape index (κ3) is 3.36. The standard InChI is InChI=1S/C13H18BFO5/c1-12(2,18)13(3,4)20-14(19)9-7-5-6-8(10(9)15)11(16)17/h5-7,18-19H,1-4H3,(H,16,17). The van der Waals surface area contributed by atoms with Gasteiger partial charge in [0.15, 0.2) is 0 Å². The van der Waals surface area contributed by atoms with E-state index in [1.165, 1.54) is 39.8 Å². The van der Waals surface area contributed by atoms with E-state index in [1.807, 2.05) is 0 Å². The lowest BCUT2D eigenvalue weighted by molar-refractivity contribution is -0.0983. The van der Waals surface area contributed by atoms with Crippen LogP contribution in [0, 0.1) is 5.82 Å². The number of aliphatic hydroxyl groups is 1. The van der Waals surface area contributed by atoms with Gasteiger partial charge in [-0.2, -0.15) is 0 Å². The number of carbonyl (C=O) groups is 1. The van der Waals surface area contributed by atoms with Crippen molar-refractivity contribution in [2.45, 2.75) is 38.9 Å². The molecule has 0 unspecified atom stereocenters. The molecule has 0 bridgehead atoms. The zero-order valence-electron chi connectivity index (χ0n) is 11.8. The van der Waals surface area contributed by atoms with Crippen molar-refractivity contribution in [2.24, 2.45) is 0 Å². The summed E-state index contributed by atoms with van der Waals surface area (Å²) in [6.45, 7) is 6.05. The molecule has 3 N–H and O–H groups in total. The van der Waals surface area contributed by atoms with Crippen LogP contribution in [0.2, 0.25) is 0 Å². The maximum absolute atomic E-state index is 14.0. The van der Waals surface area contributed by atoms with Crippen LogP contribution in [-0.2, 0) is 4.65 Å². The van der Waals surface area contributed by atoms with Gasteiger partial charge in [-0.15, -0.1) is 0 Å². The summed E-state index contributed by atoms with van der Waals surface area (Å²) in [4.78, 5) is 10.8. The minimum absolute atomic E-state index is 0.290. The number of carboxylic acid groups (broad SMARTS) is 1. The van der Waals surface area contributed by atoms with Crippen LogP contribution in [0.15, 0.2) is 18.2 Å². The van der Waals surface area contributed by atoms with Crippen LogP contribution in [0.1, 0.15) is 38.1 Å². The summed E-state index contributed by atoms with van der Waals surface area (Å²) in [5.41, 5.74) is -3.29. The molecule has 0 saturated heterocycles. The molecule has 0 spiro atoms. The van der Waals surface area contributed by atoms with E-state index in [1.54, 1.807) is 0 Å². The minimum atomic E-state index is -1.68. The molecule has 0 atom stereocenters. The number of hydrogen-bond acceptors (Lipinski definition) is 4. The Morgan fingerprint density at radius 3 is 2.30 bits per heavy atom. The molecule has 1 rings (SSSR count). The van der Waals surface area contributed by atoms with E-state index in [9.17, 15) is 19.3 Å². The molecule has 0 heterocycles. The first-order valence-corrected chi connectivity index (χ1v) is 6.07. The van der Waals surface area contributed by atoms with Crippen LogP contribution in [0.25, 0.3) is 0 Å². The Kier molecular flexibility index (Phi) is 4.58. The third-order valence-electron chi connectivity index (χ3n) is 3.40. The first-order chi connectivity index (χ1) is 8.97. The highest BCUT2D eigenvalue weighted by molar-refractivity contribution is 6.60. The van der Waals surface area contributed by atoms with E-state index in [2.05, 4.69) is 0 Å². The monoisotopic (exact) mass is 284 g/mol. The summed E-state index contributed by atoms with van der Waals surface area (Å²) < 4.78 is 19.2. The zero-order valence-corrected chi connectivity index (χ0v) is 11.8. The average molecular weight is 284 g/mol. The number of halogens is 1. The molecule has 0 fully saturated rings. The molecule has 5 nitrogen and oxygen atoms in total. The third-order valence-corrected chi connectivity index (χ3v) is 3.40. The van der Waals surface area contributed by atoms with Crippen molar-refractivity contribution in [1.29, 1.82) is 0 Å². The fourth-order valence-electron chi connectivity index (χ4n) is 1.39. The van der Waals surface area contributed by atoms with E-state index >= 15 is 0 Å². The van der Waals surface area contributed by atoms with Gasteiger partial charge in [-0.1, -0.05) is 12.1 Å². The Labute approximate surface area is 117 Å². The van der Waals surface area contributed by atoms with Crippen molar-refractivity contribution in [3.63, 3.8) is 0 Å². The van der Waals surface area contributed by atoms with E-state index in [0.717, 1.165) is 6.07 Å². The molecule has 0 saturated carbocycles. The Bertz CT molecular complexity index is 510. The second kappa shape index (κ2) is 5.51. The molecular formula is C13H18BFO5. The van der Waals surface area contributed by atoms with Crippen molar-refractivity contribution in [3.05, 3.63) is 29.6 Å². The summed E-state index contributed by atoms with van der Waals surface area (Å²) in [5.74, 6) is -2.49. The SMILES string of the molecule is CC(C)(O)C(C)(C)OB(O)c1cccc(C(=O)O)c1F. The molecule has 0 aliphatic heterocycles. The van der Waals surface area contributed by atoms with Crippen LogP contribution >= 0.6 is 0 Å². The fraction of sp³-hybridized carbons (Fsp3) is 0.462. The minimum Gasteiger partial charge on any atom is -0.478 e. The zero-order chi connectivity index (χ0) is 15.7. The van der Waals surface area contributed by atoms with Crippen LogP contribution < -0.4 is 5.46 Å². The van der Waals surface area contributed by atoms with E-state index < -0.39 is 35.7 Å². The normalized spacial score (nSPS) is 12.3. The van der Waals surface area contributed by atoms with E-state index in [-0.39, 0.29) is 5.46 Å². The lowest BCUT2D eigenvalue weighted by Gasteiger charge is -2.38. The largest absolute Gasteiger partial charge is 0.494 e. The maximum Gasteiger partial charge on any atom is 0.494 e. The second-order valence-electron chi connectivity index (χ2n) is 5.55. The first kappa shape index (κ1) is 16.6. The molecule has 0 radical (unpaired) electrons. The lowest BCUT2D eigenvalue weighted by atomic mass is 9.75. The van der Waals surface area contributed by atoms with Crippen molar-refractivity contribution in [1.82, 2.24) is 0 Å². The van der Waals surface area contributed by atoms with Crippen LogP contribution in [0.3, 0.4) is 0 Å². The Morgan fingerprint density at radius 2 is 1.85 bits per heavy atom. The van der Waals surface area contributed by atoms with Gasteiger partial charge in [0.2, 0.25) is 0 Å². The fourth-order valence-corrected chi connectivity index (χ4v) is 1.39. The van der Waals surface area contributed by atoms with Gasteiger partial charge in [-0.05, 0) is 33.8 Å². The van der Waals surface area contributed by atoms with Gasteiger partial charge >= 0.3 is 13.1 Å². The van der Waals surface area contributed by atoms with Gasteiger partial charge < -0.3 is 19.9 Å². The van der Waals surface area contributed by atoms with E-state index in [0.29, 0.717) is 0 Å². The summed E-state index contributed by atoms with van der Waals surface area (Å²) in [5, 5.41) is 28.7. The van der Waals surface area contributed by atoms with Crippen molar-refractivity contribution in [2.75, 3.05) is 0 Å². The molecule has 1 aromatic carbocycles. The Balaban J connectivity index is 3.08. The van der Waals surface area contributed by atoms with Crippen LogP contribution in [-0.4, -0.2) is 39.5 Å². The topological polar surface area (TPSA) is 87.0 Å². The number of carboxylic acids is 1. The first-order valence-electron chi connectivity index (χ1n) is 6.07. The lowest BCUT2D eigenvalue weighted by Crippen LogP contribution is -2.53. The molecular weight excluding hydrogens is 266 g/mol. The van der Waals surface area contributed by atoms with Gasteiger partial charge in [-0.25, -0.2) is 9.18 Å². The molecule has 20 heavy (non-hydrogen) atoms. The molecule has 0 aromatic heterocycles. The Morgan fingerprint density at radius 1 is 1.30 bits per heavy atom. The molecule has 0 amide bonds. The number of aromatic carboxylic acids is 1. The molecule has 110 valence electrons. The second-order valence-corrected chi connectivity index (χ2v) is 5.55. The predicted molar refractivity (Wildman–Crippen MR) is 72.4 cm³/mol. The molecule has 0 aliphatic rings. The summed E-state index contributed by atoms with van der Waals surface area (Å²) >= 11 is 0. The van der Waals surface area contributed by atoms with Crippen molar-refractivity contribution >= 4 is 18.6 Å². The van der Waals surface area contributed by atoms with Gasteiger partial charge in [-0.3, -0.25) is 0 Å². The number of benzene rings is 1. The number of hydrogen-bond donors (Lipinski definition) is 3. The van der Waals surface area contributed by atoms with Gasteiger partial charge in [0.1, 0.15) is 5.82 Å². The van der Waals surface area contributed by atoms with Crippen LogP contribution in [0.4, 0.5) is 4.39 Å². The van der Waals surface area contributed by atoms with Crippen molar-refractivity contribution in [3.8, 4) is 0 Å².